The molecule has 2 aliphatic rings. The third kappa shape index (κ3) is 5.66. The summed E-state index contributed by atoms with van der Waals surface area (Å²) in [6.45, 7) is 12.2. The van der Waals surface area contributed by atoms with Crippen LogP contribution in [-0.2, 0) is 0 Å². The minimum absolute atomic E-state index is 0.490. The molecule has 2 fully saturated rings. The number of hydrogen-bond acceptors (Lipinski definition) is 2. The Bertz CT molecular complexity index is 558. The smallest absolute Gasteiger partial charge is 0.119 e. The number of allylic oxidation sites excluding steroid dienone is 5. The molecule has 24 heavy (non-hydrogen) atoms. The number of nitrogens with zero attached hydrogens (tertiary/aromatic N) is 1. The third-order valence-electron chi connectivity index (χ3n) is 4.91. The van der Waals surface area contributed by atoms with Gasteiger partial charge in [0.1, 0.15) is 5.82 Å². The summed E-state index contributed by atoms with van der Waals surface area (Å²) in [5.74, 6) is 1.53. The van der Waals surface area contributed by atoms with Gasteiger partial charge in [-0.2, -0.15) is 0 Å². The molecule has 132 valence electrons. The van der Waals surface area contributed by atoms with E-state index in [1.807, 2.05) is 19.1 Å². The van der Waals surface area contributed by atoms with E-state index < -0.39 is 0 Å². The first-order valence-corrected chi connectivity index (χ1v) is 9.61. The first-order chi connectivity index (χ1) is 11.5. The fourth-order valence-corrected chi connectivity index (χ4v) is 3.51. The van der Waals surface area contributed by atoms with Crippen LogP contribution < -0.4 is 5.32 Å². The predicted octanol–water partition coefficient (Wildman–Crippen LogP) is 6.27. The van der Waals surface area contributed by atoms with Gasteiger partial charge in [-0.3, -0.25) is 0 Å². The van der Waals surface area contributed by atoms with Crippen LogP contribution in [0, 0.1) is 5.92 Å². The van der Waals surface area contributed by atoms with Gasteiger partial charge in [0.15, 0.2) is 0 Å². The van der Waals surface area contributed by atoms with Crippen LogP contribution in [0.3, 0.4) is 0 Å². The molecule has 0 aromatic rings. The van der Waals surface area contributed by atoms with Crippen molar-refractivity contribution >= 4 is 17.3 Å². The Hall–Kier alpha value is -1.28. The van der Waals surface area contributed by atoms with E-state index in [4.69, 9.17) is 16.6 Å². The molecule has 2 nitrogen and oxygen atoms in total. The van der Waals surface area contributed by atoms with Gasteiger partial charge >= 0.3 is 0 Å². The average molecular weight is 347 g/mol. The minimum atomic E-state index is 0.490. The number of halogens is 1. The SMILES string of the molecule is C=CC(C(=NC(=C)NC1CCCCC1)/C(Cl)=C\C)=C(C)CC1CC1. The van der Waals surface area contributed by atoms with Crippen molar-refractivity contribution in [3.63, 3.8) is 0 Å². The van der Waals surface area contributed by atoms with Crippen LogP contribution in [0.1, 0.15) is 65.2 Å². The molecular weight excluding hydrogens is 316 g/mol. The second-order valence-corrected chi connectivity index (χ2v) is 7.48. The topological polar surface area (TPSA) is 24.4 Å². The first kappa shape index (κ1) is 19.1. The fraction of sp³-hybridized carbons (Fsp3) is 0.571. The maximum Gasteiger partial charge on any atom is 0.119 e. The van der Waals surface area contributed by atoms with Crippen LogP contribution in [-0.4, -0.2) is 11.8 Å². The van der Waals surface area contributed by atoms with Crippen molar-refractivity contribution in [2.24, 2.45) is 10.9 Å². The molecule has 0 aromatic carbocycles. The van der Waals surface area contributed by atoms with Gasteiger partial charge in [-0.15, -0.1) is 0 Å². The summed E-state index contributed by atoms with van der Waals surface area (Å²) < 4.78 is 0. The molecule has 0 saturated heterocycles. The van der Waals surface area contributed by atoms with Crippen molar-refractivity contribution in [2.75, 3.05) is 0 Å². The quantitative estimate of drug-likeness (QED) is 0.406. The average Bonchev–Trinajstić information content (AvgIpc) is 3.38. The molecule has 0 atom stereocenters. The van der Waals surface area contributed by atoms with Crippen LogP contribution in [0.4, 0.5) is 0 Å². The summed E-state index contributed by atoms with van der Waals surface area (Å²) in [5, 5.41) is 4.13. The molecule has 3 heteroatoms. The zero-order valence-corrected chi connectivity index (χ0v) is 16.0. The lowest BCUT2D eigenvalue weighted by Crippen LogP contribution is -2.29. The van der Waals surface area contributed by atoms with E-state index in [-0.39, 0.29) is 0 Å². The molecule has 0 spiro atoms. The molecule has 0 radical (unpaired) electrons. The van der Waals surface area contributed by atoms with Crippen LogP contribution in [0.25, 0.3) is 0 Å². The Morgan fingerprint density at radius 1 is 1.21 bits per heavy atom. The summed E-state index contributed by atoms with van der Waals surface area (Å²) in [6, 6.07) is 0.490. The van der Waals surface area contributed by atoms with Crippen LogP contribution in [0.2, 0.25) is 0 Å². The Morgan fingerprint density at radius 2 is 1.88 bits per heavy atom. The maximum atomic E-state index is 6.47. The number of rotatable bonds is 8. The van der Waals surface area contributed by atoms with Crippen molar-refractivity contribution in [1.82, 2.24) is 5.32 Å². The van der Waals surface area contributed by atoms with E-state index in [0.29, 0.717) is 16.9 Å². The molecular formula is C21H31ClN2. The highest BCUT2D eigenvalue weighted by Crippen LogP contribution is 2.36. The van der Waals surface area contributed by atoms with E-state index in [1.54, 1.807) is 0 Å². The Labute approximate surface area is 152 Å². The van der Waals surface area contributed by atoms with Crippen molar-refractivity contribution < 1.29 is 0 Å². The minimum Gasteiger partial charge on any atom is -0.368 e. The van der Waals surface area contributed by atoms with Crippen LogP contribution >= 0.6 is 11.6 Å². The summed E-state index contributed by atoms with van der Waals surface area (Å²) in [6.07, 6.45) is 13.9. The summed E-state index contributed by atoms with van der Waals surface area (Å²) in [4.78, 5) is 4.74. The van der Waals surface area contributed by atoms with Gasteiger partial charge in [0, 0.05) is 11.6 Å². The van der Waals surface area contributed by atoms with Gasteiger partial charge in [-0.1, -0.05) is 61.7 Å². The van der Waals surface area contributed by atoms with Gasteiger partial charge in [0.25, 0.3) is 0 Å². The molecule has 2 aliphatic carbocycles. The second kappa shape index (κ2) is 9.27. The summed E-state index contributed by atoms with van der Waals surface area (Å²) in [5.41, 5.74) is 3.16. The number of hydrogen-bond donors (Lipinski definition) is 1. The van der Waals surface area contributed by atoms with Crippen LogP contribution in [0.5, 0.6) is 0 Å². The van der Waals surface area contributed by atoms with Gasteiger partial charge in [0.2, 0.25) is 0 Å². The van der Waals surface area contributed by atoms with Gasteiger partial charge in [-0.25, -0.2) is 4.99 Å². The number of aliphatic imine (C=N–C) groups is 1. The lowest BCUT2D eigenvalue weighted by molar-refractivity contribution is 0.396. The highest BCUT2D eigenvalue weighted by Gasteiger charge is 2.23. The molecule has 0 aliphatic heterocycles. The molecule has 0 amide bonds. The van der Waals surface area contributed by atoms with E-state index in [9.17, 15) is 0 Å². The van der Waals surface area contributed by atoms with E-state index >= 15 is 0 Å². The lowest BCUT2D eigenvalue weighted by Gasteiger charge is -2.24. The zero-order chi connectivity index (χ0) is 17.5. The largest absolute Gasteiger partial charge is 0.368 e. The van der Waals surface area contributed by atoms with Gasteiger partial charge in [-0.05, 0) is 51.9 Å². The Morgan fingerprint density at radius 3 is 2.42 bits per heavy atom. The van der Waals surface area contributed by atoms with Crippen LogP contribution in [0.15, 0.2) is 52.3 Å². The summed E-state index contributed by atoms with van der Waals surface area (Å²) in [7, 11) is 0. The van der Waals surface area contributed by atoms with E-state index in [2.05, 4.69) is 25.4 Å². The Kier molecular flexibility index (Phi) is 7.36. The number of nitrogens with one attached hydrogen (secondary N) is 1. The van der Waals surface area contributed by atoms with Crippen molar-refractivity contribution in [2.45, 2.75) is 71.3 Å². The second-order valence-electron chi connectivity index (χ2n) is 7.07. The van der Waals surface area contributed by atoms with Gasteiger partial charge in [0.05, 0.1) is 10.7 Å². The highest BCUT2D eigenvalue weighted by atomic mass is 35.5. The predicted molar refractivity (Wildman–Crippen MR) is 106 cm³/mol. The normalized spacial score (nSPS) is 21.3. The zero-order valence-electron chi connectivity index (χ0n) is 15.2. The highest BCUT2D eigenvalue weighted by molar-refractivity contribution is 6.46. The summed E-state index contributed by atoms with van der Waals surface area (Å²) >= 11 is 6.47. The van der Waals surface area contributed by atoms with Gasteiger partial charge < -0.3 is 5.32 Å². The molecule has 2 saturated carbocycles. The van der Waals surface area contributed by atoms with E-state index in [1.165, 1.54) is 50.5 Å². The standard InChI is InChI=1S/C21H31ClN2/c1-5-19(15(3)14-17-12-13-17)21(20(22)6-2)24-16(4)23-18-10-8-7-9-11-18/h5-6,17-18,23H,1,4,7-14H2,2-3H3/b19-15?,20-6+,24-21?. The molecule has 2 rings (SSSR count). The first-order valence-electron chi connectivity index (χ1n) is 9.24. The molecule has 0 unspecified atom stereocenters. The monoisotopic (exact) mass is 346 g/mol. The fourth-order valence-electron chi connectivity index (χ4n) is 3.37. The van der Waals surface area contributed by atoms with Crippen molar-refractivity contribution in [3.8, 4) is 0 Å². The lowest BCUT2D eigenvalue weighted by atomic mass is 9.95. The molecule has 0 bridgehead atoms. The molecule has 1 N–H and O–H groups in total. The Balaban J connectivity index is 2.18. The van der Waals surface area contributed by atoms with Crippen molar-refractivity contribution in [1.29, 1.82) is 0 Å². The van der Waals surface area contributed by atoms with Crippen molar-refractivity contribution in [3.05, 3.63) is 47.3 Å². The van der Waals surface area contributed by atoms with E-state index in [0.717, 1.165) is 23.6 Å². The molecule has 0 aromatic heterocycles. The third-order valence-corrected chi connectivity index (χ3v) is 5.31. The maximum absolute atomic E-state index is 6.47. The molecule has 0 heterocycles.